The third kappa shape index (κ3) is 16.4. The van der Waals surface area contributed by atoms with Gasteiger partial charge in [-0.2, -0.15) is 0 Å². The maximum absolute atomic E-state index is 8.27. The lowest BCUT2D eigenvalue weighted by Crippen LogP contribution is -2.14. The summed E-state index contributed by atoms with van der Waals surface area (Å²) in [5.41, 5.74) is 0. The van der Waals surface area contributed by atoms with Crippen molar-refractivity contribution in [2.24, 2.45) is 0 Å². The molecule has 0 fully saturated rings. The number of alkyl halides is 1. The Morgan fingerprint density at radius 1 is 1.38 bits per heavy atom. The van der Waals surface area contributed by atoms with Crippen molar-refractivity contribution in [3.63, 3.8) is 0 Å². The molecule has 8 heavy (non-hydrogen) atoms. The lowest BCUT2D eigenvalue weighted by molar-refractivity contribution is 0.261. The first kappa shape index (κ1) is 15.7. The molecule has 0 unspecified atom stereocenters. The molecule has 0 aliphatic rings. The second-order valence-electron chi connectivity index (χ2n) is 1.88. The summed E-state index contributed by atoms with van der Waals surface area (Å²) in [6, 6.07) is 0. The normalized spacial score (nSPS) is 9.00. The van der Waals surface area contributed by atoms with Gasteiger partial charge in [-0.15, -0.1) is 11.6 Å². The minimum Gasteiger partial charge on any atom is -0.395 e. The maximum atomic E-state index is 8.27. The maximum Gasteiger partial charge on any atom is 0.0620 e. The summed E-state index contributed by atoms with van der Waals surface area (Å²) >= 11 is 5.47. The lowest BCUT2D eigenvalue weighted by atomic mass is 10.2. The van der Waals surface area contributed by atoms with Crippen molar-refractivity contribution in [2.45, 2.75) is 18.7 Å². The van der Waals surface area contributed by atoms with Crippen LogP contribution in [0.4, 0.5) is 0 Å². The third-order valence-corrected chi connectivity index (χ3v) is 0.496. The van der Waals surface area contributed by atoms with Gasteiger partial charge in [0, 0.05) is 0 Å². The van der Waals surface area contributed by atoms with E-state index in [1.54, 1.807) is 13.8 Å². The van der Waals surface area contributed by atoms with Crippen LogP contribution in [0.5, 0.6) is 0 Å². The van der Waals surface area contributed by atoms with Gasteiger partial charge in [-0.1, -0.05) is 0 Å². The van der Waals surface area contributed by atoms with Crippen LogP contribution in [0.1, 0.15) is 13.8 Å². The fourth-order valence-corrected chi connectivity index (χ4v) is 0. The van der Waals surface area contributed by atoms with Gasteiger partial charge in [0.1, 0.15) is 0 Å². The van der Waals surface area contributed by atoms with E-state index in [-0.39, 0.29) is 18.9 Å². The molecular weight excluding hydrogens is 128 g/mol. The molecule has 7 N–H and O–H groups in total. The van der Waals surface area contributed by atoms with Gasteiger partial charge in [0.25, 0.3) is 0 Å². The van der Waals surface area contributed by atoms with E-state index in [0.717, 1.165) is 0 Å². The van der Waals surface area contributed by atoms with Crippen LogP contribution >= 0.6 is 11.6 Å². The molecular formula is C4H15ClN2O. The molecule has 0 spiro atoms. The lowest BCUT2D eigenvalue weighted by Gasteiger charge is -2.08. The Morgan fingerprint density at radius 3 is 1.50 bits per heavy atom. The Morgan fingerprint density at radius 2 is 1.50 bits per heavy atom. The number of aliphatic hydroxyl groups is 1. The molecule has 0 saturated carbocycles. The fraction of sp³-hybridized carbons (Fsp3) is 1.00. The monoisotopic (exact) mass is 142 g/mol. The molecule has 0 aromatic heterocycles. The van der Waals surface area contributed by atoms with E-state index < -0.39 is 4.87 Å². The van der Waals surface area contributed by atoms with E-state index >= 15 is 0 Å². The smallest absolute Gasteiger partial charge is 0.0620 e. The number of hydrogen-bond donors (Lipinski definition) is 3. The average Bonchev–Trinajstić information content (AvgIpc) is 1.35. The number of aliphatic hydroxyl groups excluding tert-OH is 1. The first-order valence-electron chi connectivity index (χ1n) is 1.86. The molecule has 0 aliphatic carbocycles. The molecule has 0 bridgehead atoms. The van der Waals surface area contributed by atoms with E-state index in [0.29, 0.717) is 0 Å². The van der Waals surface area contributed by atoms with Crippen LogP contribution in [0.3, 0.4) is 0 Å². The van der Waals surface area contributed by atoms with Crippen molar-refractivity contribution in [2.75, 3.05) is 6.61 Å². The molecule has 0 saturated heterocycles. The van der Waals surface area contributed by atoms with E-state index in [1.165, 1.54) is 0 Å². The van der Waals surface area contributed by atoms with Gasteiger partial charge in [-0.05, 0) is 13.8 Å². The highest BCUT2D eigenvalue weighted by molar-refractivity contribution is 6.23. The first-order chi connectivity index (χ1) is 2.56. The van der Waals surface area contributed by atoms with Gasteiger partial charge in [0.15, 0.2) is 0 Å². The molecule has 4 heteroatoms. The van der Waals surface area contributed by atoms with Gasteiger partial charge in [0.2, 0.25) is 0 Å². The summed E-state index contributed by atoms with van der Waals surface area (Å²) in [7, 11) is 0. The Bertz CT molecular complexity index is 43.8. The van der Waals surface area contributed by atoms with Gasteiger partial charge in [0.05, 0.1) is 11.5 Å². The summed E-state index contributed by atoms with van der Waals surface area (Å²) in [4.78, 5) is -0.431. The van der Waals surface area contributed by atoms with E-state index in [1.807, 2.05) is 0 Å². The fourth-order valence-electron chi connectivity index (χ4n) is 0. The minimum atomic E-state index is -0.431. The SMILES string of the molecule is CC(C)(Cl)CO.N.N. The molecule has 3 nitrogen and oxygen atoms in total. The van der Waals surface area contributed by atoms with Crippen LogP contribution in [0, 0.1) is 0 Å². The zero-order valence-electron chi connectivity index (χ0n) is 5.45. The predicted molar refractivity (Wildman–Crippen MR) is 37.1 cm³/mol. The summed E-state index contributed by atoms with van der Waals surface area (Å²) in [5, 5.41) is 8.27. The largest absolute Gasteiger partial charge is 0.395 e. The highest BCUT2D eigenvalue weighted by Gasteiger charge is 2.08. The Balaban J connectivity index is -0.000000125. The molecule has 0 heterocycles. The number of hydrogen-bond acceptors (Lipinski definition) is 3. The van der Waals surface area contributed by atoms with Crippen molar-refractivity contribution in [3.05, 3.63) is 0 Å². The van der Waals surface area contributed by atoms with E-state index in [4.69, 9.17) is 16.7 Å². The molecule has 54 valence electrons. The van der Waals surface area contributed by atoms with Crippen LogP contribution in [-0.2, 0) is 0 Å². The molecule has 0 aliphatic heterocycles. The van der Waals surface area contributed by atoms with Gasteiger partial charge >= 0.3 is 0 Å². The van der Waals surface area contributed by atoms with Crippen molar-refractivity contribution in [1.82, 2.24) is 12.3 Å². The van der Waals surface area contributed by atoms with Crippen molar-refractivity contribution in [1.29, 1.82) is 0 Å². The second-order valence-corrected chi connectivity index (χ2v) is 2.90. The molecule has 0 radical (unpaired) electrons. The van der Waals surface area contributed by atoms with E-state index in [2.05, 4.69) is 0 Å². The molecule has 0 atom stereocenters. The summed E-state index contributed by atoms with van der Waals surface area (Å²) in [6.45, 7) is 3.55. The van der Waals surface area contributed by atoms with Gasteiger partial charge < -0.3 is 17.4 Å². The highest BCUT2D eigenvalue weighted by Crippen LogP contribution is 2.08. The number of rotatable bonds is 1. The quantitative estimate of drug-likeness (QED) is 0.483. The van der Waals surface area contributed by atoms with Crippen LogP contribution in [-0.4, -0.2) is 16.6 Å². The second kappa shape index (κ2) is 5.31. The summed E-state index contributed by atoms with van der Waals surface area (Å²) < 4.78 is 0. The van der Waals surface area contributed by atoms with Crippen LogP contribution < -0.4 is 12.3 Å². The van der Waals surface area contributed by atoms with Crippen LogP contribution in [0.2, 0.25) is 0 Å². The van der Waals surface area contributed by atoms with Gasteiger partial charge in [-0.25, -0.2) is 0 Å². The summed E-state index contributed by atoms with van der Waals surface area (Å²) in [5.74, 6) is 0. The minimum absolute atomic E-state index is 0. The third-order valence-electron chi connectivity index (χ3n) is 0.376. The van der Waals surface area contributed by atoms with Crippen molar-refractivity contribution in [3.8, 4) is 0 Å². The van der Waals surface area contributed by atoms with Crippen LogP contribution in [0.15, 0.2) is 0 Å². The van der Waals surface area contributed by atoms with Crippen molar-refractivity contribution >= 4 is 11.6 Å². The van der Waals surface area contributed by atoms with E-state index in [9.17, 15) is 0 Å². The average molecular weight is 143 g/mol. The van der Waals surface area contributed by atoms with Crippen molar-refractivity contribution < 1.29 is 5.11 Å². The van der Waals surface area contributed by atoms with Crippen LogP contribution in [0.25, 0.3) is 0 Å². The van der Waals surface area contributed by atoms with Gasteiger partial charge in [-0.3, -0.25) is 0 Å². The standard InChI is InChI=1S/C4H9ClO.2H3N/c1-4(2,5)3-6;;/h6H,3H2,1-2H3;2*1H3. The Labute approximate surface area is 55.2 Å². The highest BCUT2D eigenvalue weighted by atomic mass is 35.5. The first-order valence-corrected chi connectivity index (χ1v) is 2.24. The Hall–Kier alpha value is 0.170. The predicted octanol–water partition coefficient (Wildman–Crippen LogP) is 1.32. The molecule has 0 aromatic rings. The molecule has 0 rings (SSSR count). The molecule has 0 amide bonds. The zero-order valence-corrected chi connectivity index (χ0v) is 6.20. The molecule has 0 aromatic carbocycles. The Kier molecular flexibility index (Phi) is 10.4. The zero-order chi connectivity index (χ0) is 5.21. The number of halogens is 1. The summed E-state index contributed by atoms with van der Waals surface area (Å²) in [6.07, 6.45) is 0. The topological polar surface area (TPSA) is 90.2 Å².